The summed E-state index contributed by atoms with van der Waals surface area (Å²) in [6.45, 7) is 0. The van der Waals surface area contributed by atoms with Crippen LogP contribution in [0.5, 0.6) is 0 Å². The summed E-state index contributed by atoms with van der Waals surface area (Å²) < 4.78 is 0. The number of rotatable bonds is 5. The first-order chi connectivity index (χ1) is 17.4. The van der Waals surface area contributed by atoms with Gasteiger partial charge < -0.3 is 4.90 Å². The Bertz CT molecular complexity index is 1500. The standard InChI is InChI=1S/C34H27N/c1-3-13-29(14-4-1)35(30-15-5-2-6-16-30)31-22-19-26(20-23-31)21-24-34-32-17-9-7-11-27(32)25-28-12-8-10-18-33(28)34/h1-15,17-25,30H,16H2/b24-21+. The van der Waals surface area contributed by atoms with Gasteiger partial charge in [-0.3, -0.25) is 0 Å². The van der Waals surface area contributed by atoms with Crippen molar-refractivity contribution in [2.45, 2.75) is 12.5 Å². The minimum atomic E-state index is 0.311. The van der Waals surface area contributed by atoms with Crippen molar-refractivity contribution in [2.75, 3.05) is 4.90 Å². The van der Waals surface area contributed by atoms with E-state index in [2.05, 4.69) is 151 Å². The molecule has 0 spiro atoms. The van der Waals surface area contributed by atoms with Gasteiger partial charge in [0, 0.05) is 11.4 Å². The molecule has 0 heterocycles. The highest BCUT2D eigenvalue weighted by Crippen LogP contribution is 2.32. The number of hydrogen-bond donors (Lipinski definition) is 0. The van der Waals surface area contributed by atoms with E-state index in [4.69, 9.17) is 0 Å². The first-order valence-electron chi connectivity index (χ1n) is 12.2. The zero-order valence-corrected chi connectivity index (χ0v) is 19.6. The van der Waals surface area contributed by atoms with Crippen molar-refractivity contribution in [2.24, 2.45) is 0 Å². The molecule has 0 saturated heterocycles. The Morgan fingerprint density at radius 3 is 1.89 bits per heavy atom. The first-order valence-corrected chi connectivity index (χ1v) is 12.2. The molecule has 1 heteroatoms. The number of fused-ring (bicyclic) bond motifs is 2. The van der Waals surface area contributed by atoms with Crippen molar-refractivity contribution in [3.63, 3.8) is 0 Å². The van der Waals surface area contributed by atoms with Gasteiger partial charge >= 0.3 is 0 Å². The molecule has 1 nitrogen and oxygen atoms in total. The van der Waals surface area contributed by atoms with Crippen LogP contribution < -0.4 is 4.90 Å². The average molecular weight is 450 g/mol. The molecule has 35 heavy (non-hydrogen) atoms. The molecular formula is C34H27N. The number of anilines is 2. The van der Waals surface area contributed by atoms with Crippen molar-refractivity contribution in [3.8, 4) is 0 Å². The second-order valence-electron chi connectivity index (χ2n) is 8.98. The number of para-hydroxylation sites is 1. The second-order valence-corrected chi connectivity index (χ2v) is 8.98. The summed E-state index contributed by atoms with van der Waals surface area (Å²) in [5, 5.41) is 5.11. The molecule has 0 aromatic heterocycles. The molecular weight excluding hydrogens is 422 g/mol. The van der Waals surface area contributed by atoms with Crippen molar-refractivity contribution in [1.29, 1.82) is 0 Å². The third-order valence-electron chi connectivity index (χ3n) is 6.75. The zero-order valence-electron chi connectivity index (χ0n) is 19.6. The van der Waals surface area contributed by atoms with Gasteiger partial charge in [-0.2, -0.15) is 0 Å². The second kappa shape index (κ2) is 9.48. The van der Waals surface area contributed by atoms with Gasteiger partial charge in [0.15, 0.2) is 0 Å². The predicted octanol–water partition coefficient (Wildman–Crippen LogP) is 9.19. The van der Waals surface area contributed by atoms with Crippen LogP contribution in [0.25, 0.3) is 33.7 Å². The lowest BCUT2D eigenvalue weighted by molar-refractivity contribution is 0.785. The molecule has 0 amide bonds. The lowest BCUT2D eigenvalue weighted by Crippen LogP contribution is -2.29. The summed E-state index contributed by atoms with van der Waals surface area (Å²) >= 11 is 0. The molecule has 6 rings (SSSR count). The highest BCUT2D eigenvalue weighted by molar-refractivity contribution is 6.07. The van der Waals surface area contributed by atoms with Crippen molar-refractivity contribution in [1.82, 2.24) is 0 Å². The van der Waals surface area contributed by atoms with E-state index in [-0.39, 0.29) is 0 Å². The number of hydrogen-bond acceptors (Lipinski definition) is 1. The summed E-state index contributed by atoms with van der Waals surface area (Å²) in [5.74, 6) is 0. The van der Waals surface area contributed by atoms with E-state index in [9.17, 15) is 0 Å². The van der Waals surface area contributed by atoms with Gasteiger partial charge in [-0.15, -0.1) is 0 Å². The van der Waals surface area contributed by atoms with Crippen LogP contribution in [0.15, 0.2) is 133 Å². The monoisotopic (exact) mass is 449 g/mol. The largest absolute Gasteiger partial charge is 0.334 e. The Hall–Kier alpha value is -4.36. The Morgan fingerprint density at radius 1 is 0.600 bits per heavy atom. The van der Waals surface area contributed by atoms with Crippen LogP contribution in [-0.4, -0.2) is 6.04 Å². The fraction of sp³-hybridized carbons (Fsp3) is 0.0588. The maximum Gasteiger partial charge on any atom is 0.0559 e. The Balaban J connectivity index is 1.36. The maximum atomic E-state index is 2.42. The Kier molecular flexibility index (Phi) is 5.74. The third-order valence-corrected chi connectivity index (χ3v) is 6.75. The fourth-order valence-corrected chi connectivity index (χ4v) is 5.03. The minimum Gasteiger partial charge on any atom is -0.334 e. The SMILES string of the molecule is C1=CCC(N(c2ccccc2)c2ccc(/C=C/c3c4ccccc4cc4ccccc34)cc2)C=C1. The Morgan fingerprint density at radius 2 is 1.23 bits per heavy atom. The highest BCUT2D eigenvalue weighted by Gasteiger charge is 2.18. The minimum absolute atomic E-state index is 0.311. The predicted molar refractivity (Wildman–Crippen MR) is 152 cm³/mol. The van der Waals surface area contributed by atoms with Gasteiger partial charge in [-0.1, -0.05) is 115 Å². The van der Waals surface area contributed by atoms with Crippen LogP contribution >= 0.6 is 0 Å². The molecule has 1 aliphatic rings. The molecule has 1 atom stereocenters. The molecule has 1 aliphatic carbocycles. The van der Waals surface area contributed by atoms with Gasteiger partial charge in [0.2, 0.25) is 0 Å². The van der Waals surface area contributed by atoms with Gasteiger partial charge in [-0.05, 0) is 69.4 Å². The molecule has 5 aromatic rings. The van der Waals surface area contributed by atoms with Crippen LogP contribution in [-0.2, 0) is 0 Å². The smallest absolute Gasteiger partial charge is 0.0559 e. The van der Waals surface area contributed by atoms with Gasteiger partial charge in [0.25, 0.3) is 0 Å². The van der Waals surface area contributed by atoms with Crippen LogP contribution in [0.4, 0.5) is 11.4 Å². The van der Waals surface area contributed by atoms with Crippen molar-refractivity contribution < 1.29 is 0 Å². The topological polar surface area (TPSA) is 3.24 Å². The van der Waals surface area contributed by atoms with Crippen LogP contribution in [0, 0.1) is 0 Å². The highest BCUT2D eigenvalue weighted by atomic mass is 15.2. The van der Waals surface area contributed by atoms with Gasteiger partial charge in [-0.25, -0.2) is 0 Å². The van der Waals surface area contributed by atoms with Crippen LogP contribution in [0.2, 0.25) is 0 Å². The van der Waals surface area contributed by atoms with E-state index in [0.717, 1.165) is 6.42 Å². The summed E-state index contributed by atoms with van der Waals surface area (Å²) in [7, 11) is 0. The molecule has 0 aliphatic heterocycles. The van der Waals surface area contributed by atoms with Crippen molar-refractivity contribution in [3.05, 3.63) is 145 Å². The van der Waals surface area contributed by atoms with Crippen LogP contribution in [0.3, 0.4) is 0 Å². The Labute approximate surface area is 207 Å². The number of allylic oxidation sites excluding steroid dienone is 2. The summed E-state index contributed by atoms with van der Waals surface area (Å²) in [4.78, 5) is 2.42. The van der Waals surface area contributed by atoms with Crippen LogP contribution in [0.1, 0.15) is 17.5 Å². The fourth-order valence-electron chi connectivity index (χ4n) is 5.03. The molecule has 168 valence electrons. The molecule has 0 fully saturated rings. The summed E-state index contributed by atoms with van der Waals surface area (Å²) in [6.07, 6.45) is 14.3. The van der Waals surface area contributed by atoms with E-state index in [1.54, 1.807) is 0 Å². The van der Waals surface area contributed by atoms with Gasteiger partial charge in [0.05, 0.1) is 6.04 Å². The summed E-state index contributed by atoms with van der Waals surface area (Å²) in [5.41, 5.74) is 4.88. The van der Waals surface area contributed by atoms with Crippen molar-refractivity contribution >= 4 is 45.1 Å². The van der Waals surface area contributed by atoms with E-state index in [1.807, 2.05) is 0 Å². The average Bonchev–Trinajstić information content (AvgIpc) is 2.93. The normalized spacial score (nSPS) is 15.3. The maximum absolute atomic E-state index is 2.42. The molecule has 0 saturated carbocycles. The number of benzene rings is 5. The summed E-state index contributed by atoms with van der Waals surface area (Å²) in [6, 6.07) is 39.5. The molecule has 0 radical (unpaired) electrons. The molecule has 0 bridgehead atoms. The van der Waals surface area contributed by atoms with E-state index in [1.165, 1.54) is 44.0 Å². The van der Waals surface area contributed by atoms with E-state index in [0.29, 0.717) is 6.04 Å². The third kappa shape index (κ3) is 4.29. The van der Waals surface area contributed by atoms with E-state index < -0.39 is 0 Å². The first kappa shape index (κ1) is 21.2. The number of nitrogens with zero attached hydrogens (tertiary/aromatic N) is 1. The molecule has 5 aromatic carbocycles. The quantitative estimate of drug-likeness (QED) is 0.191. The molecule has 0 N–H and O–H groups in total. The van der Waals surface area contributed by atoms with Gasteiger partial charge in [0.1, 0.15) is 0 Å². The lowest BCUT2D eigenvalue weighted by Gasteiger charge is -2.32. The zero-order chi connectivity index (χ0) is 23.5. The lowest BCUT2D eigenvalue weighted by atomic mass is 9.96. The molecule has 1 unspecified atom stereocenters. The van der Waals surface area contributed by atoms with E-state index >= 15 is 0 Å².